The standard InChI is InChI=1S/C21H36N6O/c1-16(17-8-6-5-7-9-17)26-21(2,3)15-24-20(23-4)25-18-10-12-27(13-11-18)14-19(22)28/h5-9,16,18,26H,10-15H2,1-4H3,(H2,22,28)(H2,23,24,25). The van der Waals surface area contributed by atoms with E-state index >= 15 is 0 Å². The first kappa shape index (κ1) is 22.2. The van der Waals surface area contributed by atoms with Gasteiger partial charge in [0.25, 0.3) is 0 Å². The molecule has 0 radical (unpaired) electrons. The van der Waals surface area contributed by atoms with Crippen molar-refractivity contribution in [2.75, 3.05) is 33.2 Å². The van der Waals surface area contributed by atoms with Gasteiger partial charge in [-0.2, -0.15) is 0 Å². The van der Waals surface area contributed by atoms with Crippen LogP contribution in [0.25, 0.3) is 0 Å². The third-order valence-corrected chi connectivity index (χ3v) is 5.14. The molecule has 7 heteroatoms. The van der Waals surface area contributed by atoms with Gasteiger partial charge < -0.3 is 21.7 Å². The number of amides is 1. The normalized spacial score (nSPS) is 17.9. The van der Waals surface area contributed by atoms with E-state index in [1.54, 1.807) is 7.05 Å². The van der Waals surface area contributed by atoms with Gasteiger partial charge in [-0.05, 0) is 39.2 Å². The number of nitrogens with two attached hydrogens (primary N) is 1. The Balaban J connectivity index is 1.77. The Labute approximate surface area is 169 Å². The minimum Gasteiger partial charge on any atom is -0.369 e. The molecule has 1 aliphatic heterocycles. The number of benzene rings is 1. The minimum atomic E-state index is -0.261. The Kier molecular flexibility index (Phi) is 8.26. The average Bonchev–Trinajstić information content (AvgIpc) is 2.66. The van der Waals surface area contributed by atoms with E-state index in [-0.39, 0.29) is 17.5 Å². The molecular weight excluding hydrogens is 352 g/mol. The van der Waals surface area contributed by atoms with Crippen LogP contribution in [0.5, 0.6) is 0 Å². The zero-order valence-electron chi connectivity index (χ0n) is 17.7. The molecular formula is C21H36N6O. The maximum Gasteiger partial charge on any atom is 0.231 e. The average molecular weight is 389 g/mol. The van der Waals surface area contributed by atoms with Crippen molar-refractivity contribution in [3.05, 3.63) is 35.9 Å². The van der Waals surface area contributed by atoms with Gasteiger partial charge in [0.15, 0.2) is 5.96 Å². The predicted molar refractivity (Wildman–Crippen MR) is 115 cm³/mol. The van der Waals surface area contributed by atoms with E-state index in [1.165, 1.54) is 5.56 Å². The molecule has 28 heavy (non-hydrogen) atoms. The monoisotopic (exact) mass is 388 g/mol. The lowest BCUT2D eigenvalue weighted by atomic mass is 10.0. The Morgan fingerprint density at radius 3 is 2.50 bits per heavy atom. The number of nitrogens with one attached hydrogen (secondary N) is 3. The molecule has 5 N–H and O–H groups in total. The van der Waals surface area contributed by atoms with Gasteiger partial charge in [-0.1, -0.05) is 30.3 Å². The van der Waals surface area contributed by atoms with Gasteiger partial charge in [0.2, 0.25) is 5.91 Å². The van der Waals surface area contributed by atoms with Crippen LogP contribution in [-0.4, -0.2) is 61.6 Å². The summed E-state index contributed by atoms with van der Waals surface area (Å²) in [5.74, 6) is 0.555. The molecule has 1 amide bonds. The molecule has 0 spiro atoms. The zero-order valence-corrected chi connectivity index (χ0v) is 17.7. The number of nitrogens with zero attached hydrogens (tertiary/aromatic N) is 2. The molecule has 1 aliphatic rings. The van der Waals surface area contributed by atoms with E-state index in [1.807, 2.05) is 6.07 Å². The van der Waals surface area contributed by atoms with E-state index in [9.17, 15) is 4.79 Å². The van der Waals surface area contributed by atoms with Crippen LogP contribution in [0.1, 0.15) is 45.2 Å². The Morgan fingerprint density at radius 2 is 1.93 bits per heavy atom. The number of primary amides is 1. The number of likely N-dealkylation sites (tertiary alicyclic amines) is 1. The summed E-state index contributed by atoms with van der Waals surface area (Å²) < 4.78 is 0. The number of guanidine groups is 1. The number of aliphatic imine (C=N–C) groups is 1. The minimum absolute atomic E-state index is 0.0995. The second kappa shape index (κ2) is 10.4. The molecule has 1 atom stereocenters. The molecule has 1 aromatic carbocycles. The topological polar surface area (TPSA) is 94.8 Å². The van der Waals surface area contributed by atoms with Crippen LogP contribution >= 0.6 is 0 Å². The fourth-order valence-corrected chi connectivity index (χ4v) is 3.61. The van der Waals surface area contributed by atoms with Gasteiger partial charge in [-0.15, -0.1) is 0 Å². The van der Waals surface area contributed by atoms with Gasteiger partial charge in [0.05, 0.1) is 6.54 Å². The molecule has 7 nitrogen and oxygen atoms in total. The summed E-state index contributed by atoms with van der Waals surface area (Å²) >= 11 is 0. The van der Waals surface area contributed by atoms with Crippen LogP contribution in [0, 0.1) is 0 Å². The van der Waals surface area contributed by atoms with Gasteiger partial charge in [0, 0.05) is 44.3 Å². The van der Waals surface area contributed by atoms with Crippen LogP contribution in [-0.2, 0) is 4.79 Å². The predicted octanol–water partition coefficient (Wildman–Crippen LogP) is 1.23. The molecule has 1 saturated heterocycles. The zero-order chi connectivity index (χ0) is 20.6. The highest BCUT2D eigenvalue weighted by atomic mass is 16.1. The number of hydrogen-bond donors (Lipinski definition) is 4. The summed E-state index contributed by atoms with van der Waals surface area (Å²) in [6.45, 7) is 9.41. The molecule has 0 aliphatic carbocycles. The van der Waals surface area contributed by atoms with Crippen LogP contribution in [0.4, 0.5) is 0 Å². The summed E-state index contributed by atoms with van der Waals surface area (Å²) in [6.07, 6.45) is 1.95. The van der Waals surface area contributed by atoms with Gasteiger partial charge >= 0.3 is 0 Å². The second-order valence-corrected chi connectivity index (χ2v) is 8.25. The lowest BCUT2D eigenvalue weighted by Crippen LogP contribution is -2.54. The molecule has 1 heterocycles. The van der Waals surface area contributed by atoms with Gasteiger partial charge in [-0.25, -0.2) is 0 Å². The number of piperidine rings is 1. The first-order valence-electron chi connectivity index (χ1n) is 10.1. The van der Waals surface area contributed by atoms with E-state index < -0.39 is 0 Å². The van der Waals surface area contributed by atoms with Crippen molar-refractivity contribution in [3.63, 3.8) is 0 Å². The Bertz CT molecular complexity index is 638. The van der Waals surface area contributed by atoms with Crippen molar-refractivity contribution in [2.24, 2.45) is 10.7 Å². The van der Waals surface area contributed by atoms with Crippen molar-refractivity contribution in [1.29, 1.82) is 0 Å². The Hall–Kier alpha value is -2.12. The summed E-state index contributed by atoms with van der Waals surface area (Å²) in [5.41, 5.74) is 6.46. The van der Waals surface area contributed by atoms with Crippen LogP contribution in [0.3, 0.4) is 0 Å². The summed E-state index contributed by atoms with van der Waals surface area (Å²) in [4.78, 5) is 17.5. The summed E-state index contributed by atoms with van der Waals surface area (Å²) in [7, 11) is 1.80. The molecule has 1 aromatic rings. The molecule has 2 rings (SSSR count). The first-order valence-corrected chi connectivity index (χ1v) is 10.1. The third-order valence-electron chi connectivity index (χ3n) is 5.14. The molecule has 0 bridgehead atoms. The molecule has 0 saturated carbocycles. The lowest BCUT2D eigenvalue weighted by molar-refractivity contribution is -0.119. The highest BCUT2D eigenvalue weighted by Gasteiger charge is 2.23. The van der Waals surface area contributed by atoms with E-state index in [0.717, 1.165) is 38.4 Å². The summed E-state index contributed by atoms with van der Waals surface area (Å²) in [6, 6.07) is 11.1. The number of hydrogen-bond acceptors (Lipinski definition) is 4. The van der Waals surface area contributed by atoms with Gasteiger partial charge in [-0.3, -0.25) is 14.7 Å². The fourth-order valence-electron chi connectivity index (χ4n) is 3.61. The molecule has 0 aromatic heterocycles. The van der Waals surface area contributed by atoms with Crippen molar-refractivity contribution in [2.45, 2.75) is 51.2 Å². The van der Waals surface area contributed by atoms with Crippen molar-refractivity contribution >= 4 is 11.9 Å². The SMILES string of the molecule is CN=C(NCC(C)(C)NC(C)c1ccccc1)NC1CCN(CC(N)=O)CC1. The second-order valence-electron chi connectivity index (χ2n) is 8.25. The largest absolute Gasteiger partial charge is 0.369 e. The summed E-state index contributed by atoms with van der Waals surface area (Å²) in [5, 5.41) is 10.6. The van der Waals surface area contributed by atoms with Crippen molar-refractivity contribution in [1.82, 2.24) is 20.9 Å². The molecule has 156 valence electrons. The van der Waals surface area contributed by atoms with Crippen molar-refractivity contribution in [3.8, 4) is 0 Å². The maximum absolute atomic E-state index is 11.0. The van der Waals surface area contributed by atoms with E-state index in [2.05, 4.69) is 70.9 Å². The quantitative estimate of drug-likeness (QED) is 0.397. The number of rotatable bonds is 8. The maximum atomic E-state index is 11.0. The number of carbonyl (C=O) groups is 1. The van der Waals surface area contributed by atoms with Crippen LogP contribution < -0.4 is 21.7 Å². The van der Waals surface area contributed by atoms with E-state index in [4.69, 9.17) is 5.73 Å². The Morgan fingerprint density at radius 1 is 1.29 bits per heavy atom. The van der Waals surface area contributed by atoms with E-state index in [0.29, 0.717) is 12.6 Å². The lowest BCUT2D eigenvalue weighted by Gasteiger charge is -2.34. The molecule has 1 unspecified atom stereocenters. The third kappa shape index (κ3) is 7.48. The van der Waals surface area contributed by atoms with Gasteiger partial charge in [0.1, 0.15) is 0 Å². The van der Waals surface area contributed by atoms with Crippen LogP contribution in [0.2, 0.25) is 0 Å². The molecule has 1 fully saturated rings. The van der Waals surface area contributed by atoms with Crippen LogP contribution in [0.15, 0.2) is 35.3 Å². The highest BCUT2D eigenvalue weighted by Crippen LogP contribution is 2.16. The smallest absolute Gasteiger partial charge is 0.231 e. The highest BCUT2D eigenvalue weighted by molar-refractivity contribution is 5.80. The fraction of sp³-hybridized carbons (Fsp3) is 0.619. The number of carbonyl (C=O) groups excluding carboxylic acids is 1. The first-order chi connectivity index (χ1) is 13.3. The van der Waals surface area contributed by atoms with Crippen molar-refractivity contribution < 1.29 is 4.79 Å².